The van der Waals surface area contributed by atoms with E-state index in [2.05, 4.69) is 4.98 Å². The minimum atomic E-state index is -0.775. The van der Waals surface area contributed by atoms with E-state index in [4.69, 9.17) is 16.7 Å². The number of rotatable bonds is 3. The Hall–Kier alpha value is -1.44. The zero-order valence-electron chi connectivity index (χ0n) is 12.4. The highest BCUT2D eigenvalue weighted by Crippen LogP contribution is 2.35. The molecule has 1 amide bonds. The average Bonchev–Trinajstić information content (AvgIpc) is 3.12. The number of amides is 1. The number of carboxylic acid groups (broad SMARTS) is 1. The van der Waals surface area contributed by atoms with Crippen LogP contribution in [0.2, 0.25) is 4.34 Å². The molecular formula is C15H15ClN2O3S2. The number of hydrogen-bond donors (Lipinski definition) is 1. The predicted octanol–water partition coefficient (Wildman–Crippen LogP) is 3.77. The van der Waals surface area contributed by atoms with Crippen molar-refractivity contribution in [1.82, 2.24) is 9.88 Å². The molecule has 1 aliphatic heterocycles. The van der Waals surface area contributed by atoms with E-state index in [9.17, 15) is 9.59 Å². The topological polar surface area (TPSA) is 70.5 Å². The largest absolute Gasteiger partial charge is 0.481 e. The minimum Gasteiger partial charge on any atom is -0.481 e. The van der Waals surface area contributed by atoms with E-state index < -0.39 is 5.97 Å². The van der Waals surface area contributed by atoms with Gasteiger partial charge in [-0.15, -0.1) is 22.7 Å². The molecule has 2 aromatic heterocycles. The van der Waals surface area contributed by atoms with Crippen LogP contribution in [0.4, 0.5) is 0 Å². The first-order chi connectivity index (χ1) is 11.0. The van der Waals surface area contributed by atoms with Crippen molar-refractivity contribution in [2.24, 2.45) is 5.92 Å². The summed E-state index contributed by atoms with van der Waals surface area (Å²) in [7, 11) is 0. The van der Waals surface area contributed by atoms with Gasteiger partial charge in [0.25, 0.3) is 5.91 Å². The molecule has 8 heteroatoms. The number of piperidine rings is 1. The third-order valence-electron chi connectivity index (χ3n) is 3.91. The van der Waals surface area contributed by atoms with E-state index >= 15 is 0 Å². The van der Waals surface area contributed by atoms with Crippen LogP contribution in [0, 0.1) is 12.8 Å². The van der Waals surface area contributed by atoms with Gasteiger partial charge in [-0.3, -0.25) is 9.59 Å². The monoisotopic (exact) mass is 370 g/mol. The van der Waals surface area contributed by atoms with Gasteiger partial charge in [0.2, 0.25) is 0 Å². The van der Waals surface area contributed by atoms with Crippen LogP contribution in [0.15, 0.2) is 12.1 Å². The van der Waals surface area contributed by atoms with Crippen LogP contribution in [-0.2, 0) is 4.79 Å². The highest BCUT2D eigenvalue weighted by molar-refractivity contribution is 7.24. The second kappa shape index (κ2) is 6.59. The summed E-state index contributed by atoms with van der Waals surface area (Å²) in [5, 5.41) is 9.83. The summed E-state index contributed by atoms with van der Waals surface area (Å²) in [4.78, 5) is 31.5. The zero-order chi connectivity index (χ0) is 16.6. The van der Waals surface area contributed by atoms with E-state index in [1.54, 1.807) is 4.90 Å². The fourth-order valence-corrected chi connectivity index (χ4v) is 4.73. The number of nitrogens with zero attached hydrogens (tertiary/aromatic N) is 2. The summed E-state index contributed by atoms with van der Waals surface area (Å²) >= 11 is 8.76. The lowest BCUT2D eigenvalue weighted by Crippen LogP contribution is -2.40. The first-order valence-corrected chi connectivity index (χ1v) is 9.22. The molecule has 1 N–H and O–H groups in total. The van der Waals surface area contributed by atoms with Crippen molar-refractivity contribution in [2.45, 2.75) is 19.8 Å². The van der Waals surface area contributed by atoms with Crippen molar-refractivity contribution in [3.05, 3.63) is 27.0 Å². The van der Waals surface area contributed by atoms with Crippen LogP contribution in [0.3, 0.4) is 0 Å². The number of aliphatic carboxylic acids is 1. The molecule has 3 heterocycles. The molecule has 0 radical (unpaired) electrons. The Labute approximate surface area is 146 Å². The van der Waals surface area contributed by atoms with Crippen molar-refractivity contribution >= 4 is 46.2 Å². The molecule has 0 bridgehead atoms. The van der Waals surface area contributed by atoms with Crippen LogP contribution in [0.25, 0.3) is 9.88 Å². The van der Waals surface area contributed by atoms with Gasteiger partial charge in [0, 0.05) is 13.1 Å². The average molecular weight is 371 g/mol. The number of carboxylic acids is 1. The van der Waals surface area contributed by atoms with Crippen LogP contribution in [0.1, 0.15) is 28.2 Å². The maximum absolute atomic E-state index is 12.7. The lowest BCUT2D eigenvalue weighted by atomic mass is 9.97. The number of aryl methyl sites for hydroxylation is 1. The van der Waals surface area contributed by atoms with Gasteiger partial charge in [-0.25, -0.2) is 4.98 Å². The molecule has 0 atom stereocenters. The number of likely N-dealkylation sites (tertiary alicyclic amines) is 1. The molecule has 1 aliphatic rings. The van der Waals surface area contributed by atoms with Gasteiger partial charge in [0.05, 0.1) is 20.8 Å². The number of aromatic nitrogens is 1. The number of carbonyl (C=O) groups is 2. The van der Waals surface area contributed by atoms with E-state index in [0.717, 1.165) is 9.88 Å². The standard InChI is InChI=1S/C15H15ClN2O3S2/c1-8-12(23-13(17-8)10-2-3-11(16)22-10)14(19)18-6-4-9(5-7-18)15(20)21/h2-3,9H,4-7H2,1H3,(H,20,21). The molecule has 1 saturated heterocycles. The molecule has 0 unspecified atom stereocenters. The summed E-state index contributed by atoms with van der Waals surface area (Å²) in [5.41, 5.74) is 0.708. The SMILES string of the molecule is Cc1nc(-c2ccc(Cl)s2)sc1C(=O)N1CCC(C(=O)O)CC1. The lowest BCUT2D eigenvalue weighted by molar-refractivity contribution is -0.143. The highest BCUT2D eigenvalue weighted by atomic mass is 35.5. The van der Waals surface area contributed by atoms with E-state index in [1.165, 1.54) is 22.7 Å². The first kappa shape index (κ1) is 16.4. The molecule has 1 fully saturated rings. The van der Waals surface area contributed by atoms with E-state index in [0.29, 0.717) is 40.8 Å². The molecular weight excluding hydrogens is 356 g/mol. The van der Waals surface area contributed by atoms with Gasteiger partial charge >= 0.3 is 5.97 Å². The maximum atomic E-state index is 12.7. The van der Waals surface area contributed by atoms with Crippen molar-refractivity contribution in [2.75, 3.05) is 13.1 Å². The summed E-state index contributed by atoms with van der Waals surface area (Å²) in [6, 6.07) is 3.72. The van der Waals surface area contributed by atoms with Gasteiger partial charge in [0.15, 0.2) is 0 Å². The van der Waals surface area contributed by atoms with Gasteiger partial charge in [-0.05, 0) is 31.9 Å². The van der Waals surface area contributed by atoms with Gasteiger partial charge in [0.1, 0.15) is 9.88 Å². The molecule has 0 aromatic carbocycles. The lowest BCUT2D eigenvalue weighted by Gasteiger charge is -2.29. The highest BCUT2D eigenvalue weighted by Gasteiger charge is 2.29. The van der Waals surface area contributed by atoms with Crippen LogP contribution < -0.4 is 0 Å². The molecule has 0 aliphatic carbocycles. The predicted molar refractivity (Wildman–Crippen MR) is 91.4 cm³/mol. The molecule has 2 aromatic rings. The van der Waals surface area contributed by atoms with Gasteiger partial charge in [-0.1, -0.05) is 11.6 Å². The summed E-state index contributed by atoms with van der Waals surface area (Å²) in [6.07, 6.45) is 1.01. The fraction of sp³-hybridized carbons (Fsp3) is 0.400. The third kappa shape index (κ3) is 3.41. The third-order valence-corrected chi connectivity index (χ3v) is 6.45. The van der Waals surface area contributed by atoms with Crippen molar-refractivity contribution < 1.29 is 14.7 Å². The Bertz CT molecular complexity index is 748. The van der Waals surface area contributed by atoms with Crippen LogP contribution >= 0.6 is 34.3 Å². The summed E-state index contributed by atoms with van der Waals surface area (Å²) in [6.45, 7) is 2.78. The van der Waals surface area contributed by atoms with Gasteiger partial charge in [-0.2, -0.15) is 0 Å². The molecule has 0 saturated carbocycles. The zero-order valence-corrected chi connectivity index (χ0v) is 14.8. The Morgan fingerprint density at radius 1 is 1.30 bits per heavy atom. The molecule has 0 spiro atoms. The Morgan fingerprint density at radius 3 is 2.57 bits per heavy atom. The summed E-state index contributed by atoms with van der Waals surface area (Å²) < 4.78 is 0.691. The normalized spacial score (nSPS) is 15.8. The van der Waals surface area contributed by atoms with Gasteiger partial charge < -0.3 is 10.0 Å². The van der Waals surface area contributed by atoms with Crippen LogP contribution in [0.5, 0.6) is 0 Å². The number of halogens is 1. The Balaban J connectivity index is 1.76. The second-order valence-corrected chi connectivity index (χ2v) is 8.16. The van der Waals surface area contributed by atoms with Crippen molar-refractivity contribution in [3.63, 3.8) is 0 Å². The number of thiazole rings is 1. The molecule has 23 heavy (non-hydrogen) atoms. The Morgan fingerprint density at radius 2 is 2.00 bits per heavy atom. The molecule has 122 valence electrons. The van der Waals surface area contributed by atoms with E-state index in [-0.39, 0.29) is 11.8 Å². The molecule has 3 rings (SSSR count). The quantitative estimate of drug-likeness (QED) is 0.892. The number of hydrogen-bond acceptors (Lipinski definition) is 5. The fourth-order valence-electron chi connectivity index (χ4n) is 2.60. The smallest absolute Gasteiger partial charge is 0.306 e. The first-order valence-electron chi connectivity index (χ1n) is 7.21. The van der Waals surface area contributed by atoms with E-state index in [1.807, 2.05) is 19.1 Å². The van der Waals surface area contributed by atoms with Crippen molar-refractivity contribution in [1.29, 1.82) is 0 Å². The molecule has 5 nitrogen and oxygen atoms in total. The Kier molecular flexibility index (Phi) is 4.70. The number of thiophene rings is 1. The van der Waals surface area contributed by atoms with Crippen molar-refractivity contribution in [3.8, 4) is 9.88 Å². The summed E-state index contributed by atoms with van der Waals surface area (Å²) in [5.74, 6) is -1.17. The minimum absolute atomic E-state index is 0.0576. The van der Waals surface area contributed by atoms with Crippen LogP contribution in [-0.4, -0.2) is 40.0 Å². The maximum Gasteiger partial charge on any atom is 0.306 e. The second-order valence-electron chi connectivity index (χ2n) is 5.44. The number of carbonyl (C=O) groups excluding carboxylic acids is 1.